The summed E-state index contributed by atoms with van der Waals surface area (Å²) in [5.41, 5.74) is 1.89. The first-order valence-corrected chi connectivity index (χ1v) is 13.3. The molecule has 1 saturated carbocycles. The van der Waals surface area contributed by atoms with Gasteiger partial charge in [-0.15, -0.1) is 0 Å². The number of anilines is 1. The van der Waals surface area contributed by atoms with E-state index >= 15 is 0 Å². The molecule has 2 N–H and O–H groups in total. The molecule has 1 amide bonds. The van der Waals surface area contributed by atoms with Crippen molar-refractivity contribution >= 4 is 38.4 Å². The minimum Gasteiger partial charge on any atom is -0.353 e. The van der Waals surface area contributed by atoms with Gasteiger partial charge in [-0.05, 0) is 30.5 Å². The SMILES string of the molecule is O=C(Cc1ccc(NC2=N[C@@H]3CS(=O)(=O)C[C@H]3S2)cc1)NC1CCCCCCC1. The zero-order valence-electron chi connectivity index (χ0n) is 16.6. The van der Waals surface area contributed by atoms with Crippen LogP contribution in [-0.2, 0) is 21.1 Å². The van der Waals surface area contributed by atoms with E-state index in [1.165, 1.54) is 43.9 Å². The molecule has 0 unspecified atom stereocenters. The van der Waals surface area contributed by atoms with Gasteiger partial charge in [0.2, 0.25) is 5.91 Å². The summed E-state index contributed by atoms with van der Waals surface area (Å²) in [5.74, 6) is 0.470. The molecule has 158 valence electrons. The summed E-state index contributed by atoms with van der Waals surface area (Å²) in [6.45, 7) is 0. The Morgan fingerprint density at radius 3 is 2.41 bits per heavy atom. The van der Waals surface area contributed by atoms with E-state index in [2.05, 4.69) is 15.6 Å². The van der Waals surface area contributed by atoms with E-state index < -0.39 is 9.84 Å². The fourth-order valence-corrected chi connectivity index (χ4v) is 7.99. The number of hydrogen-bond acceptors (Lipinski definition) is 6. The van der Waals surface area contributed by atoms with Crippen molar-refractivity contribution < 1.29 is 13.2 Å². The van der Waals surface area contributed by atoms with Crippen LogP contribution in [0.15, 0.2) is 29.3 Å². The number of nitrogens with zero attached hydrogens (tertiary/aromatic N) is 1. The standard InChI is InChI=1S/C21H29N3O3S2/c25-20(22-16-6-4-2-1-3-5-7-16)12-15-8-10-17(11-9-15)23-21-24-18-13-29(26,27)14-19(18)28-21/h8-11,16,18-19H,1-7,12-14H2,(H,22,25)(H,23,24)/t18-,19-/m1/s1. The average molecular weight is 436 g/mol. The van der Waals surface area contributed by atoms with Gasteiger partial charge in [-0.1, -0.05) is 56.0 Å². The minimum absolute atomic E-state index is 0.0405. The molecule has 8 heteroatoms. The molecule has 4 rings (SSSR count). The summed E-state index contributed by atoms with van der Waals surface area (Å²) in [5, 5.41) is 7.31. The Hall–Kier alpha value is -1.54. The number of aliphatic imine (C=N–C) groups is 1. The van der Waals surface area contributed by atoms with E-state index in [9.17, 15) is 13.2 Å². The zero-order valence-corrected chi connectivity index (χ0v) is 18.2. The van der Waals surface area contributed by atoms with Crippen molar-refractivity contribution in [2.24, 2.45) is 4.99 Å². The van der Waals surface area contributed by atoms with Crippen LogP contribution in [0.2, 0.25) is 0 Å². The van der Waals surface area contributed by atoms with E-state index in [0.29, 0.717) is 12.5 Å². The number of amides is 1. The second kappa shape index (κ2) is 9.08. The molecule has 2 atom stereocenters. The second-order valence-corrected chi connectivity index (χ2v) is 11.7. The Labute approximate surface area is 177 Å². The number of rotatable bonds is 4. The summed E-state index contributed by atoms with van der Waals surface area (Å²) >= 11 is 1.51. The van der Waals surface area contributed by atoms with Crippen molar-refractivity contribution in [3.63, 3.8) is 0 Å². The van der Waals surface area contributed by atoms with Gasteiger partial charge in [0, 0.05) is 17.0 Å². The Balaban J connectivity index is 1.26. The number of fused-ring (bicyclic) bond motifs is 1. The lowest BCUT2D eigenvalue weighted by Crippen LogP contribution is -2.36. The monoisotopic (exact) mass is 435 g/mol. The molecular formula is C21H29N3O3S2. The molecule has 1 aromatic carbocycles. The molecule has 29 heavy (non-hydrogen) atoms. The van der Waals surface area contributed by atoms with Gasteiger partial charge >= 0.3 is 0 Å². The molecule has 2 aliphatic heterocycles. The van der Waals surface area contributed by atoms with Crippen molar-refractivity contribution in [1.82, 2.24) is 5.32 Å². The van der Waals surface area contributed by atoms with Crippen molar-refractivity contribution in [3.05, 3.63) is 29.8 Å². The maximum atomic E-state index is 12.4. The smallest absolute Gasteiger partial charge is 0.224 e. The molecule has 2 fully saturated rings. The van der Waals surface area contributed by atoms with Gasteiger partial charge in [0.15, 0.2) is 15.0 Å². The molecule has 0 bridgehead atoms. The molecule has 0 radical (unpaired) electrons. The van der Waals surface area contributed by atoms with Gasteiger partial charge in [-0.25, -0.2) is 8.42 Å². The molecule has 3 aliphatic rings. The van der Waals surface area contributed by atoms with E-state index in [-0.39, 0.29) is 28.7 Å². The predicted molar refractivity (Wildman–Crippen MR) is 119 cm³/mol. The molecule has 1 aliphatic carbocycles. The van der Waals surface area contributed by atoms with Crippen molar-refractivity contribution in [2.45, 2.75) is 68.7 Å². The van der Waals surface area contributed by atoms with Crippen LogP contribution >= 0.6 is 11.8 Å². The third-order valence-corrected chi connectivity index (χ3v) is 9.00. The average Bonchev–Trinajstić information content (AvgIpc) is 3.11. The minimum atomic E-state index is -2.93. The Kier molecular flexibility index (Phi) is 6.49. The van der Waals surface area contributed by atoms with Crippen LogP contribution in [0.5, 0.6) is 0 Å². The van der Waals surface area contributed by atoms with E-state index in [1.54, 1.807) is 0 Å². The third-order valence-electron chi connectivity index (χ3n) is 5.86. The topological polar surface area (TPSA) is 87.6 Å². The highest BCUT2D eigenvalue weighted by atomic mass is 32.2. The second-order valence-electron chi connectivity index (χ2n) is 8.34. The predicted octanol–water partition coefficient (Wildman–Crippen LogP) is 3.14. The van der Waals surface area contributed by atoms with Crippen molar-refractivity contribution in [3.8, 4) is 0 Å². The van der Waals surface area contributed by atoms with Crippen LogP contribution in [0, 0.1) is 0 Å². The van der Waals surface area contributed by atoms with Crippen LogP contribution in [-0.4, -0.2) is 48.3 Å². The summed E-state index contributed by atoms with van der Waals surface area (Å²) in [4.78, 5) is 16.9. The Bertz CT molecular complexity index is 860. The fourth-order valence-electron chi connectivity index (χ4n) is 4.31. The lowest BCUT2D eigenvalue weighted by Gasteiger charge is -2.21. The first-order chi connectivity index (χ1) is 14.0. The quantitative estimate of drug-likeness (QED) is 0.759. The van der Waals surface area contributed by atoms with Crippen LogP contribution in [0.1, 0.15) is 50.5 Å². The molecular weight excluding hydrogens is 406 g/mol. The van der Waals surface area contributed by atoms with Gasteiger partial charge in [0.25, 0.3) is 0 Å². The highest BCUT2D eigenvalue weighted by Gasteiger charge is 2.42. The highest BCUT2D eigenvalue weighted by Crippen LogP contribution is 2.34. The van der Waals surface area contributed by atoms with E-state index in [0.717, 1.165) is 29.3 Å². The molecule has 1 saturated heterocycles. The van der Waals surface area contributed by atoms with E-state index in [1.807, 2.05) is 24.3 Å². The molecule has 0 spiro atoms. The summed E-state index contributed by atoms with van der Waals surface area (Å²) < 4.78 is 23.3. The number of carbonyl (C=O) groups excluding carboxylic acids is 1. The van der Waals surface area contributed by atoms with Crippen LogP contribution in [0.3, 0.4) is 0 Å². The first kappa shape index (κ1) is 20.7. The van der Waals surface area contributed by atoms with Gasteiger partial charge in [0.1, 0.15) is 0 Å². The van der Waals surface area contributed by atoms with Crippen LogP contribution < -0.4 is 10.6 Å². The van der Waals surface area contributed by atoms with E-state index in [4.69, 9.17) is 0 Å². The number of thioether (sulfide) groups is 1. The molecule has 1 aromatic rings. The lowest BCUT2D eigenvalue weighted by molar-refractivity contribution is -0.121. The van der Waals surface area contributed by atoms with Crippen molar-refractivity contribution in [1.29, 1.82) is 0 Å². The number of benzene rings is 1. The Morgan fingerprint density at radius 1 is 1.03 bits per heavy atom. The Morgan fingerprint density at radius 2 is 1.72 bits per heavy atom. The number of hydrogen-bond donors (Lipinski definition) is 2. The number of nitrogens with one attached hydrogen (secondary N) is 2. The largest absolute Gasteiger partial charge is 0.353 e. The summed E-state index contributed by atoms with van der Waals surface area (Å²) in [6, 6.07) is 8.03. The maximum Gasteiger partial charge on any atom is 0.224 e. The normalized spacial score (nSPS) is 26.8. The van der Waals surface area contributed by atoms with Gasteiger partial charge in [-0.2, -0.15) is 0 Å². The molecule has 0 aromatic heterocycles. The van der Waals surface area contributed by atoms with Crippen LogP contribution in [0.4, 0.5) is 5.69 Å². The lowest BCUT2D eigenvalue weighted by atomic mass is 9.96. The zero-order chi connectivity index (χ0) is 20.3. The first-order valence-electron chi connectivity index (χ1n) is 10.6. The molecule has 2 heterocycles. The van der Waals surface area contributed by atoms with Crippen LogP contribution in [0.25, 0.3) is 0 Å². The maximum absolute atomic E-state index is 12.4. The van der Waals surface area contributed by atoms with Gasteiger partial charge in [0.05, 0.1) is 24.0 Å². The number of sulfone groups is 1. The van der Waals surface area contributed by atoms with Gasteiger partial charge in [-0.3, -0.25) is 9.79 Å². The highest BCUT2D eigenvalue weighted by molar-refractivity contribution is 8.15. The summed E-state index contributed by atoms with van der Waals surface area (Å²) in [7, 11) is -2.93. The third kappa shape index (κ3) is 5.75. The number of amidine groups is 1. The molecule has 6 nitrogen and oxygen atoms in total. The van der Waals surface area contributed by atoms with Crippen molar-refractivity contribution in [2.75, 3.05) is 16.8 Å². The fraction of sp³-hybridized carbons (Fsp3) is 0.619. The number of carbonyl (C=O) groups is 1. The summed E-state index contributed by atoms with van der Waals surface area (Å²) in [6.07, 6.45) is 8.89. The van der Waals surface area contributed by atoms with Gasteiger partial charge < -0.3 is 10.6 Å².